The van der Waals surface area contributed by atoms with E-state index in [2.05, 4.69) is 13.8 Å². The van der Waals surface area contributed by atoms with Crippen molar-refractivity contribution >= 4 is 0 Å². The number of hydrogen-bond donors (Lipinski definition) is 0. The molecule has 0 aromatic rings. The second-order valence-electron chi connectivity index (χ2n) is 3.71. The molecule has 3 aliphatic rings. The van der Waals surface area contributed by atoms with E-state index in [1.807, 2.05) is 27.7 Å². The van der Waals surface area contributed by atoms with E-state index >= 15 is 0 Å². The smallest absolute Gasteiger partial charge is 0.0380 e. The minimum Gasteiger partial charge on any atom is -0.0683 e. The lowest BCUT2D eigenvalue weighted by Gasteiger charge is -2.23. The molecule has 0 aromatic carbocycles. The summed E-state index contributed by atoms with van der Waals surface area (Å²) in [6, 6.07) is 0. The fraction of sp³-hybridized carbons (Fsp3) is 1.00. The monoisotopic (exact) mass is 170 g/mol. The van der Waals surface area contributed by atoms with Crippen molar-refractivity contribution < 1.29 is 0 Å². The molecule has 0 aliphatic heterocycles. The Kier molecular flexibility index (Phi) is 5.61. The SMILES string of the molecule is CC.CC.CC1C2CC(C2)C1C. The first-order valence-corrected chi connectivity index (χ1v) is 5.79. The molecule has 74 valence electrons. The number of hydrogen-bond acceptors (Lipinski definition) is 0. The number of fused-ring (bicyclic) bond motifs is 1. The zero-order valence-electron chi connectivity index (χ0n) is 9.72. The van der Waals surface area contributed by atoms with Crippen molar-refractivity contribution in [3.8, 4) is 0 Å². The van der Waals surface area contributed by atoms with Crippen molar-refractivity contribution in [1.29, 1.82) is 0 Å². The van der Waals surface area contributed by atoms with Crippen molar-refractivity contribution in [1.82, 2.24) is 0 Å². The Hall–Kier alpha value is 0. The highest BCUT2D eigenvalue weighted by molar-refractivity contribution is 4.96. The fourth-order valence-electron chi connectivity index (χ4n) is 2.43. The maximum Gasteiger partial charge on any atom is -0.0380 e. The predicted octanol–water partition coefficient (Wildman–Crippen LogP) is 4.35. The summed E-state index contributed by atoms with van der Waals surface area (Å²) in [6.07, 6.45) is 3.12. The first-order chi connectivity index (χ1) is 5.79. The quantitative estimate of drug-likeness (QED) is 0.507. The first-order valence-electron chi connectivity index (χ1n) is 5.79. The average Bonchev–Trinajstić information content (AvgIpc) is 2.47. The highest BCUT2D eigenvalue weighted by atomic mass is 14.5. The van der Waals surface area contributed by atoms with Crippen LogP contribution in [0.4, 0.5) is 0 Å². The van der Waals surface area contributed by atoms with Crippen molar-refractivity contribution in [3.63, 3.8) is 0 Å². The summed E-state index contributed by atoms with van der Waals surface area (Å²) in [7, 11) is 0. The van der Waals surface area contributed by atoms with E-state index in [4.69, 9.17) is 0 Å². The minimum atomic E-state index is 1.06. The lowest BCUT2D eigenvalue weighted by Crippen LogP contribution is -2.13. The maximum absolute atomic E-state index is 2.42. The summed E-state index contributed by atoms with van der Waals surface area (Å²) in [5.41, 5.74) is 0. The van der Waals surface area contributed by atoms with Crippen LogP contribution in [0.2, 0.25) is 0 Å². The van der Waals surface area contributed by atoms with Gasteiger partial charge in [-0.1, -0.05) is 41.5 Å². The standard InChI is InChI=1S/C8H14.2C2H6/c1-5-6(2)8-3-7(5)4-8;2*1-2/h5-8H,3-4H2,1-2H3;2*1-2H3. The van der Waals surface area contributed by atoms with Crippen LogP contribution in [0.5, 0.6) is 0 Å². The highest BCUT2D eigenvalue weighted by Crippen LogP contribution is 2.55. The molecule has 0 heterocycles. The molecule has 3 aliphatic carbocycles. The maximum atomic E-state index is 2.42. The van der Waals surface area contributed by atoms with Crippen LogP contribution >= 0.6 is 0 Å². The normalized spacial score (nSPS) is 41.5. The molecule has 0 spiro atoms. The molecule has 0 N–H and O–H groups in total. The van der Waals surface area contributed by atoms with Crippen LogP contribution in [0.15, 0.2) is 0 Å². The molecule has 2 unspecified atom stereocenters. The van der Waals surface area contributed by atoms with Gasteiger partial charge in [0.05, 0.1) is 0 Å². The van der Waals surface area contributed by atoms with Gasteiger partial charge in [-0.25, -0.2) is 0 Å². The molecule has 3 saturated carbocycles. The summed E-state index contributed by atoms with van der Waals surface area (Å²) in [4.78, 5) is 0. The Balaban J connectivity index is 0.000000269. The second-order valence-corrected chi connectivity index (χ2v) is 3.71. The molecule has 0 heteroatoms. The van der Waals surface area contributed by atoms with Gasteiger partial charge in [0.2, 0.25) is 0 Å². The summed E-state index contributed by atoms with van der Waals surface area (Å²) in [5, 5.41) is 0. The van der Waals surface area contributed by atoms with Gasteiger partial charge in [-0.3, -0.25) is 0 Å². The van der Waals surface area contributed by atoms with Crippen LogP contribution in [-0.4, -0.2) is 0 Å². The molecule has 2 atom stereocenters. The van der Waals surface area contributed by atoms with E-state index in [-0.39, 0.29) is 0 Å². The lowest BCUT2D eigenvalue weighted by molar-refractivity contribution is 0.273. The van der Waals surface area contributed by atoms with Crippen LogP contribution in [-0.2, 0) is 0 Å². The third-order valence-corrected chi connectivity index (χ3v) is 3.53. The van der Waals surface area contributed by atoms with E-state index in [0.717, 1.165) is 23.7 Å². The van der Waals surface area contributed by atoms with E-state index in [1.165, 1.54) is 0 Å². The van der Waals surface area contributed by atoms with E-state index in [1.54, 1.807) is 12.8 Å². The van der Waals surface area contributed by atoms with Crippen LogP contribution < -0.4 is 0 Å². The van der Waals surface area contributed by atoms with Gasteiger partial charge in [0.25, 0.3) is 0 Å². The van der Waals surface area contributed by atoms with Crippen molar-refractivity contribution in [3.05, 3.63) is 0 Å². The van der Waals surface area contributed by atoms with Gasteiger partial charge in [-0.2, -0.15) is 0 Å². The van der Waals surface area contributed by atoms with Gasteiger partial charge >= 0.3 is 0 Å². The van der Waals surface area contributed by atoms with E-state index in [9.17, 15) is 0 Å². The van der Waals surface area contributed by atoms with E-state index < -0.39 is 0 Å². The Morgan fingerprint density at radius 3 is 1.00 bits per heavy atom. The molecular formula is C12H26. The zero-order chi connectivity index (χ0) is 9.72. The van der Waals surface area contributed by atoms with E-state index in [0.29, 0.717) is 0 Å². The molecule has 3 rings (SSSR count). The summed E-state index contributed by atoms with van der Waals surface area (Å²) >= 11 is 0. The molecule has 12 heavy (non-hydrogen) atoms. The lowest BCUT2D eigenvalue weighted by atomic mass is 9.82. The Labute approximate surface area is 78.8 Å². The molecular weight excluding hydrogens is 144 g/mol. The fourth-order valence-corrected chi connectivity index (χ4v) is 2.43. The Morgan fingerprint density at radius 1 is 0.667 bits per heavy atom. The van der Waals surface area contributed by atoms with Crippen LogP contribution in [0.25, 0.3) is 0 Å². The molecule has 0 aromatic heterocycles. The first kappa shape index (κ1) is 12.0. The van der Waals surface area contributed by atoms with Gasteiger partial charge in [-0.05, 0) is 36.5 Å². The largest absolute Gasteiger partial charge is 0.0683 e. The zero-order valence-corrected chi connectivity index (χ0v) is 9.72. The van der Waals surface area contributed by atoms with Crippen molar-refractivity contribution in [2.75, 3.05) is 0 Å². The minimum absolute atomic E-state index is 1.06. The molecule has 2 bridgehead atoms. The highest BCUT2D eigenvalue weighted by Gasteiger charge is 2.47. The Morgan fingerprint density at radius 2 is 0.917 bits per heavy atom. The summed E-state index contributed by atoms with van der Waals surface area (Å²) < 4.78 is 0. The van der Waals surface area contributed by atoms with Crippen molar-refractivity contribution in [2.24, 2.45) is 23.7 Å². The van der Waals surface area contributed by atoms with Crippen LogP contribution in [0, 0.1) is 23.7 Å². The third-order valence-electron chi connectivity index (χ3n) is 3.53. The molecule has 0 amide bonds. The second kappa shape index (κ2) is 5.61. The van der Waals surface area contributed by atoms with Crippen LogP contribution in [0.3, 0.4) is 0 Å². The number of rotatable bonds is 0. The molecule has 0 radical (unpaired) electrons. The Bertz CT molecular complexity index is 88.6. The van der Waals surface area contributed by atoms with Gasteiger partial charge in [0.1, 0.15) is 0 Å². The van der Waals surface area contributed by atoms with Gasteiger partial charge < -0.3 is 0 Å². The molecule has 3 fully saturated rings. The third kappa shape index (κ3) is 2.02. The van der Waals surface area contributed by atoms with Crippen LogP contribution in [0.1, 0.15) is 54.4 Å². The van der Waals surface area contributed by atoms with Gasteiger partial charge in [-0.15, -0.1) is 0 Å². The summed E-state index contributed by atoms with van der Waals surface area (Å²) in [6.45, 7) is 12.8. The molecule has 0 nitrogen and oxygen atoms in total. The van der Waals surface area contributed by atoms with Gasteiger partial charge in [0.15, 0.2) is 0 Å². The predicted molar refractivity (Wildman–Crippen MR) is 57.2 cm³/mol. The summed E-state index contributed by atoms with van der Waals surface area (Å²) in [5.74, 6) is 4.38. The van der Waals surface area contributed by atoms with Gasteiger partial charge in [0, 0.05) is 0 Å². The average molecular weight is 170 g/mol. The van der Waals surface area contributed by atoms with Crippen molar-refractivity contribution in [2.45, 2.75) is 54.4 Å². The molecule has 0 saturated heterocycles. The topological polar surface area (TPSA) is 0 Å².